The number of benzene rings is 2. The summed E-state index contributed by atoms with van der Waals surface area (Å²) in [5.41, 5.74) is 1.19. The van der Waals surface area contributed by atoms with Gasteiger partial charge in [0.1, 0.15) is 28.3 Å². The van der Waals surface area contributed by atoms with Gasteiger partial charge in [-0.15, -0.1) is 11.3 Å². The second-order valence-corrected chi connectivity index (χ2v) is 13.4. The number of carbonyl (C=O) groups excluding carboxylic acids is 5. The van der Waals surface area contributed by atoms with Crippen LogP contribution in [0.25, 0.3) is 0 Å². The molecule has 268 valence electrons. The Hall–Kier alpha value is -5.57. The van der Waals surface area contributed by atoms with Crippen molar-refractivity contribution < 1.29 is 37.9 Å². The van der Waals surface area contributed by atoms with Gasteiger partial charge in [-0.2, -0.15) is 0 Å². The van der Waals surface area contributed by atoms with Crippen LogP contribution in [-0.4, -0.2) is 77.8 Å². The molecule has 3 heterocycles. The van der Waals surface area contributed by atoms with Crippen molar-refractivity contribution in [3.63, 3.8) is 0 Å². The van der Waals surface area contributed by atoms with Gasteiger partial charge in [-0.3, -0.25) is 19.2 Å². The summed E-state index contributed by atoms with van der Waals surface area (Å²) in [7, 11) is 2.62. The quantitative estimate of drug-likeness (QED) is 0.247. The zero-order valence-electron chi connectivity index (χ0n) is 29.1. The largest absolute Gasteiger partial charge is 0.497 e. The first kappa shape index (κ1) is 36.7. The topological polar surface area (TPSA) is 182 Å². The second kappa shape index (κ2) is 16.0. The number of methoxy groups -OCH3 is 2. The van der Waals surface area contributed by atoms with Crippen molar-refractivity contribution in [3.8, 4) is 5.75 Å². The average Bonchev–Trinajstić information content (AvgIpc) is 3.77. The molecular formula is C36H40N6O8S. The normalized spacial score (nSPS) is 18.6. The molecule has 4 amide bonds. The highest BCUT2D eigenvalue weighted by atomic mass is 32.1. The number of nitrogens with one attached hydrogen (secondary N) is 3. The average molecular weight is 717 g/mol. The maximum absolute atomic E-state index is 14.4. The third-order valence-corrected chi connectivity index (χ3v) is 9.31. The Labute approximate surface area is 298 Å². The van der Waals surface area contributed by atoms with E-state index in [-0.39, 0.29) is 52.4 Å². The molecule has 5 rings (SSSR count). The lowest BCUT2D eigenvalue weighted by Crippen LogP contribution is -2.50. The van der Waals surface area contributed by atoms with Crippen LogP contribution < -0.4 is 20.7 Å². The molecule has 4 bridgehead atoms. The first-order valence-electron chi connectivity index (χ1n) is 16.3. The van der Waals surface area contributed by atoms with Gasteiger partial charge < -0.3 is 34.7 Å². The fraction of sp³-hybridized carbons (Fsp3) is 0.361. The number of ether oxygens (including phenoxy) is 2. The molecule has 3 N–H and O–H groups in total. The number of amides is 4. The van der Waals surface area contributed by atoms with E-state index in [1.807, 2.05) is 44.2 Å². The molecule has 0 saturated carbocycles. The highest BCUT2D eigenvalue weighted by Crippen LogP contribution is 2.26. The van der Waals surface area contributed by atoms with Crippen molar-refractivity contribution in [3.05, 3.63) is 98.6 Å². The van der Waals surface area contributed by atoms with Crippen LogP contribution in [0.2, 0.25) is 0 Å². The highest BCUT2D eigenvalue weighted by molar-refractivity contribution is 7.09. The van der Waals surface area contributed by atoms with Crippen LogP contribution in [0.1, 0.15) is 96.8 Å². The lowest BCUT2D eigenvalue weighted by molar-refractivity contribution is -0.123. The van der Waals surface area contributed by atoms with Crippen LogP contribution in [0, 0.1) is 12.8 Å². The zero-order valence-corrected chi connectivity index (χ0v) is 30.0. The molecule has 0 spiro atoms. The van der Waals surface area contributed by atoms with Gasteiger partial charge in [0, 0.05) is 17.5 Å². The fourth-order valence-corrected chi connectivity index (χ4v) is 6.45. The highest BCUT2D eigenvalue weighted by Gasteiger charge is 2.31. The summed E-state index contributed by atoms with van der Waals surface area (Å²) in [5.74, 6) is -2.44. The van der Waals surface area contributed by atoms with Gasteiger partial charge in [-0.25, -0.2) is 14.8 Å². The zero-order chi connectivity index (χ0) is 36.8. The molecule has 0 fully saturated rings. The predicted octanol–water partition coefficient (Wildman–Crippen LogP) is 4.04. The van der Waals surface area contributed by atoms with E-state index >= 15 is 0 Å². The number of hydrogen-bond acceptors (Lipinski definition) is 11. The van der Waals surface area contributed by atoms with Crippen molar-refractivity contribution in [1.82, 2.24) is 30.8 Å². The number of aromatic nitrogens is 2. The van der Waals surface area contributed by atoms with Crippen molar-refractivity contribution >= 4 is 40.9 Å². The smallest absolute Gasteiger partial charge is 0.338 e. The van der Waals surface area contributed by atoms with Gasteiger partial charge >= 0.3 is 5.97 Å². The third kappa shape index (κ3) is 8.78. The maximum Gasteiger partial charge on any atom is 0.338 e. The van der Waals surface area contributed by atoms with Crippen LogP contribution >= 0.6 is 11.3 Å². The minimum absolute atomic E-state index is 0.0485. The molecule has 2 aromatic heterocycles. The molecule has 15 heteroatoms. The van der Waals surface area contributed by atoms with E-state index < -0.39 is 54.3 Å². The van der Waals surface area contributed by atoms with Crippen LogP contribution in [0.4, 0.5) is 0 Å². The third-order valence-electron chi connectivity index (χ3n) is 8.28. The first-order valence-corrected chi connectivity index (χ1v) is 17.2. The van der Waals surface area contributed by atoms with E-state index in [0.717, 1.165) is 5.56 Å². The molecule has 3 atom stereocenters. The van der Waals surface area contributed by atoms with Crippen LogP contribution in [0.5, 0.6) is 5.75 Å². The summed E-state index contributed by atoms with van der Waals surface area (Å²) in [5, 5.41) is 10.9. The Bertz CT molecular complexity index is 1920. The number of aryl methyl sites for hydroxylation is 1. The number of nitrogens with zero attached hydrogens (tertiary/aromatic N) is 3. The summed E-state index contributed by atoms with van der Waals surface area (Å²) < 4.78 is 16.2. The van der Waals surface area contributed by atoms with Crippen molar-refractivity contribution in [2.24, 2.45) is 5.92 Å². The predicted molar refractivity (Wildman–Crippen MR) is 187 cm³/mol. The van der Waals surface area contributed by atoms with Crippen LogP contribution in [0.15, 0.2) is 58.3 Å². The summed E-state index contributed by atoms with van der Waals surface area (Å²) in [4.78, 5) is 77.9. The molecule has 0 unspecified atom stereocenters. The minimum atomic E-state index is -0.755. The summed E-state index contributed by atoms with van der Waals surface area (Å²) in [6.07, 6.45) is 0.305. The van der Waals surface area contributed by atoms with E-state index in [4.69, 9.17) is 13.9 Å². The summed E-state index contributed by atoms with van der Waals surface area (Å²) in [6, 6.07) is 11.6. The summed E-state index contributed by atoms with van der Waals surface area (Å²) >= 11 is 1.21. The number of rotatable bonds is 6. The monoisotopic (exact) mass is 716 g/mol. The molecular weight excluding hydrogens is 676 g/mol. The van der Waals surface area contributed by atoms with Crippen molar-refractivity contribution in [2.45, 2.75) is 52.2 Å². The Kier molecular flexibility index (Phi) is 11.5. The fourth-order valence-electron chi connectivity index (χ4n) is 5.65. The molecule has 4 aromatic rings. The lowest BCUT2D eigenvalue weighted by Gasteiger charge is -2.29. The van der Waals surface area contributed by atoms with E-state index in [9.17, 15) is 24.0 Å². The van der Waals surface area contributed by atoms with Gasteiger partial charge in [-0.1, -0.05) is 44.2 Å². The van der Waals surface area contributed by atoms with Crippen molar-refractivity contribution in [1.29, 1.82) is 0 Å². The summed E-state index contributed by atoms with van der Waals surface area (Å²) in [6.45, 7) is 6.52. The first-order chi connectivity index (χ1) is 24.4. The standard InChI is InChI=1S/C36H40N6O8S/c1-19(2)29-33-41-30(21(4)50-33)32(45)37-20(3)34-39-27(18-51-34)31(44)38-25(12-22-10-8-7-9-11-22)16-42(17-28(43)40-29)35(46)23-13-24(36(47)49-6)15-26(14-23)48-5/h7-11,13-15,18-20,25,29H,12,16-17H2,1-6H3,(H,37,45)(H,38,44)(H,40,43)/t20-,25-,29+/m1/s1. The number of fused-ring (bicyclic) bond motifs is 4. The Morgan fingerprint density at radius 2 is 1.73 bits per heavy atom. The van der Waals surface area contributed by atoms with E-state index in [2.05, 4.69) is 25.9 Å². The molecule has 51 heavy (non-hydrogen) atoms. The number of esters is 1. The number of hydrogen-bond donors (Lipinski definition) is 3. The van der Waals surface area contributed by atoms with Crippen LogP contribution in [0.3, 0.4) is 0 Å². The Morgan fingerprint density at radius 3 is 2.41 bits per heavy atom. The van der Waals surface area contributed by atoms with Crippen LogP contribution in [-0.2, 0) is 16.0 Å². The van der Waals surface area contributed by atoms with Gasteiger partial charge in [0.25, 0.3) is 17.7 Å². The molecule has 1 aliphatic heterocycles. The van der Waals surface area contributed by atoms with Gasteiger partial charge in [0.05, 0.1) is 38.4 Å². The Balaban J connectivity index is 1.59. The van der Waals surface area contributed by atoms with Gasteiger partial charge in [0.2, 0.25) is 11.8 Å². The number of oxazole rings is 1. The number of thiazole rings is 1. The molecule has 0 saturated heterocycles. The van der Waals surface area contributed by atoms with E-state index in [1.165, 1.54) is 48.7 Å². The Morgan fingerprint density at radius 1 is 1.00 bits per heavy atom. The second-order valence-electron chi connectivity index (χ2n) is 12.5. The lowest BCUT2D eigenvalue weighted by atomic mass is 10.0. The van der Waals surface area contributed by atoms with E-state index in [1.54, 1.807) is 19.2 Å². The molecule has 14 nitrogen and oxygen atoms in total. The number of carbonyl (C=O) groups is 5. The molecule has 0 aliphatic carbocycles. The minimum Gasteiger partial charge on any atom is -0.497 e. The van der Waals surface area contributed by atoms with Crippen molar-refractivity contribution in [2.75, 3.05) is 27.3 Å². The van der Waals surface area contributed by atoms with Gasteiger partial charge in [0.15, 0.2) is 5.69 Å². The van der Waals surface area contributed by atoms with E-state index in [0.29, 0.717) is 11.4 Å². The SMILES string of the molecule is COC(=O)c1cc(OC)cc(C(=O)N2CC(=O)N[C@@H](C(C)C)c3nc(c(C)o3)C(=O)N[C@H](C)c3nc(cs3)C(=O)N[C@H](Cc3ccccc3)C2)c1. The molecule has 0 radical (unpaired) electrons. The molecule has 1 aliphatic rings. The molecule has 2 aromatic carbocycles. The van der Waals surface area contributed by atoms with Gasteiger partial charge in [-0.05, 0) is 49.9 Å². The maximum atomic E-state index is 14.4.